The zero-order valence-corrected chi connectivity index (χ0v) is 13.1. The minimum atomic E-state index is -0.00897. The van der Waals surface area contributed by atoms with Crippen molar-refractivity contribution in [3.05, 3.63) is 24.0 Å². The summed E-state index contributed by atoms with van der Waals surface area (Å²) in [5.41, 5.74) is 0.925. The summed E-state index contributed by atoms with van der Waals surface area (Å²) in [6.45, 7) is 7.50. The molecule has 21 heavy (non-hydrogen) atoms. The first-order valence-electron chi connectivity index (χ1n) is 7.26. The molecule has 0 fully saturated rings. The molecule has 1 N–H and O–H groups in total. The van der Waals surface area contributed by atoms with Gasteiger partial charge in [0, 0.05) is 33.3 Å². The van der Waals surface area contributed by atoms with E-state index in [9.17, 15) is 4.79 Å². The molecule has 1 aromatic heterocycles. The van der Waals surface area contributed by atoms with Gasteiger partial charge >= 0.3 is 0 Å². The van der Waals surface area contributed by atoms with Gasteiger partial charge in [-0.05, 0) is 26.0 Å². The Morgan fingerprint density at radius 3 is 2.67 bits per heavy atom. The lowest BCUT2D eigenvalue weighted by Crippen LogP contribution is -2.34. The summed E-state index contributed by atoms with van der Waals surface area (Å²) in [6.07, 6.45) is 1.64. The van der Waals surface area contributed by atoms with Crippen LogP contribution < -0.4 is 10.1 Å². The minimum Gasteiger partial charge on any atom is -0.482 e. The van der Waals surface area contributed by atoms with Gasteiger partial charge in [-0.1, -0.05) is 0 Å². The molecule has 0 atom stereocenters. The lowest BCUT2D eigenvalue weighted by molar-refractivity contribution is -0.132. The normalized spacial score (nSPS) is 10.4. The Morgan fingerprint density at radius 1 is 1.33 bits per heavy atom. The summed E-state index contributed by atoms with van der Waals surface area (Å²) in [5.74, 6) is 0.599. The van der Waals surface area contributed by atoms with Crippen molar-refractivity contribution in [1.82, 2.24) is 15.2 Å². The van der Waals surface area contributed by atoms with Crippen LogP contribution >= 0.6 is 0 Å². The number of nitrogens with zero attached hydrogens (tertiary/aromatic N) is 2. The molecule has 1 amide bonds. The fourth-order valence-corrected chi connectivity index (χ4v) is 1.80. The Hall–Kier alpha value is -1.66. The molecule has 0 radical (unpaired) electrons. The van der Waals surface area contributed by atoms with Gasteiger partial charge < -0.3 is 19.7 Å². The predicted molar refractivity (Wildman–Crippen MR) is 81.2 cm³/mol. The number of ether oxygens (including phenoxy) is 2. The van der Waals surface area contributed by atoms with Crippen LogP contribution in [0.5, 0.6) is 5.75 Å². The molecule has 0 saturated carbocycles. The lowest BCUT2D eigenvalue weighted by atomic mass is 10.3. The van der Waals surface area contributed by atoms with Gasteiger partial charge in [0.15, 0.2) is 6.61 Å². The maximum atomic E-state index is 11.8. The second-order valence-corrected chi connectivity index (χ2v) is 4.51. The molecule has 6 heteroatoms. The molecule has 0 bridgehead atoms. The summed E-state index contributed by atoms with van der Waals surface area (Å²) in [5, 5.41) is 3.21. The fraction of sp³-hybridized carbons (Fsp3) is 0.600. The maximum Gasteiger partial charge on any atom is 0.260 e. The monoisotopic (exact) mass is 295 g/mol. The van der Waals surface area contributed by atoms with Crippen molar-refractivity contribution in [2.24, 2.45) is 0 Å². The van der Waals surface area contributed by atoms with E-state index >= 15 is 0 Å². The Morgan fingerprint density at radius 2 is 2.10 bits per heavy atom. The van der Waals surface area contributed by atoms with Gasteiger partial charge in [0.25, 0.3) is 5.91 Å². The SMILES string of the molecule is CCN(CC)C(=O)COc1ccc(CNCCOC)nc1. The lowest BCUT2D eigenvalue weighted by Gasteiger charge is -2.18. The van der Waals surface area contributed by atoms with E-state index in [4.69, 9.17) is 9.47 Å². The molecule has 0 aliphatic heterocycles. The van der Waals surface area contributed by atoms with Crippen LogP contribution in [0.3, 0.4) is 0 Å². The van der Waals surface area contributed by atoms with Crippen molar-refractivity contribution in [2.45, 2.75) is 20.4 Å². The third-order valence-corrected chi connectivity index (χ3v) is 3.07. The first-order valence-corrected chi connectivity index (χ1v) is 7.26. The van der Waals surface area contributed by atoms with Crippen molar-refractivity contribution >= 4 is 5.91 Å². The summed E-state index contributed by atoms with van der Waals surface area (Å²) in [4.78, 5) is 17.8. The second kappa shape index (κ2) is 10.1. The van der Waals surface area contributed by atoms with Crippen molar-refractivity contribution in [1.29, 1.82) is 0 Å². The van der Waals surface area contributed by atoms with Gasteiger partial charge in [-0.3, -0.25) is 9.78 Å². The Kier molecular flexibility index (Phi) is 8.38. The van der Waals surface area contributed by atoms with Gasteiger partial charge in [0.05, 0.1) is 18.5 Å². The third-order valence-electron chi connectivity index (χ3n) is 3.07. The highest BCUT2D eigenvalue weighted by atomic mass is 16.5. The molecule has 0 spiro atoms. The average molecular weight is 295 g/mol. The number of carbonyl (C=O) groups is 1. The number of rotatable bonds is 10. The average Bonchev–Trinajstić information content (AvgIpc) is 2.52. The summed E-state index contributed by atoms with van der Waals surface area (Å²) in [6, 6.07) is 3.72. The highest BCUT2D eigenvalue weighted by Crippen LogP contribution is 2.09. The summed E-state index contributed by atoms with van der Waals surface area (Å²) < 4.78 is 10.4. The predicted octanol–water partition coefficient (Wildman–Crippen LogP) is 1.06. The smallest absolute Gasteiger partial charge is 0.260 e. The fourth-order valence-electron chi connectivity index (χ4n) is 1.80. The quantitative estimate of drug-likeness (QED) is 0.654. The maximum absolute atomic E-state index is 11.8. The number of aromatic nitrogens is 1. The number of carbonyl (C=O) groups excluding carboxylic acids is 1. The van der Waals surface area contributed by atoms with Crippen LogP contribution in [-0.2, 0) is 16.1 Å². The zero-order chi connectivity index (χ0) is 15.5. The van der Waals surface area contributed by atoms with Gasteiger partial charge in [0.1, 0.15) is 5.75 Å². The van der Waals surface area contributed by atoms with Crippen LogP contribution in [0.1, 0.15) is 19.5 Å². The molecule has 1 aromatic rings. The molecule has 0 saturated heterocycles. The van der Waals surface area contributed by atoms with E-state index in [1.807, 2.05) is 26.0 Å². The van der Waals surface area contributed by atoms with E-state index in [1.165, 1.54) is 0 Å². The Balaban J connectivity index is 2.35. The molecule has 0 unspecified atom stereocenters. The number of likely N-dealkylation sites (N-methyl/N-ethyl adjacent to an activating group) is 1. The van der Waals surface area contributed by atoms with Crippen molar-refractivity contribution in [3.63, 3.8) is 0 Å². The van der Waals surface area contributed by atoms with Gasteiger partial charge in [-0.2, -0.15) is 0 Å². The summed E-state index contributed by atoms with van der Waals surface area (Å²) >= 11 is 0. The third kappa shape index (κ3) is 6.55. The highest BCUT2D eigenvalue weighted by molar-refractivity contribution is 5.77. The van der Waals surface area contributed by atoms with Crippen LogP contribution in [0.15, 0.2) is 18.3 Å². The summed E-state index contributed by atoms with van der Waals surface area (Å²) in [7, 11) is 1.67. The van der Waals surface area contributed by atoms with E-state index < -0.39 is 0 Å². The van der Waals surface area contributed by atoms with Crippen LogP contribution in [0.2, 0.25) is 0 Å². The van der Waals surface area contributed by atoms with Crippen LogP contribution in [0.4, 0.5) is 0 Å². The molecular weight excluding hydrogens is 270 g/mol. The van der Waals surface area contributed by atoms with E-state index in [-0.39, 0.29) is 12.5 Å². The largest absolute Gasteiger partial charge is 0.482 e. The van der Waals surface area contributed by atoms with E-state index in [2.05, 4.69) is 10.3 Å². The Labute approximate surface area is 126 Å². The van der Waals surface area contributed by atoms with Crippen LogP contribution in [-0.4, -0.2) is 55.7 Å². The Bertz CT molecular complexity index is 405. The van der Waals surface area contributed by atoms with Crippen LogP contribution in [0, 0.1) is 0 Å². The standard InChI is InChI=1S/C15H25N3O3/c1-4-18(5-2)15(19)12-21-14-7-6-13(17-11-14)10-16-8-9-20-3/h6-7,11,16H,4-5,8-10,12H2,1-3H3. The molecule has 1 heterocycles. The van der Waals surface area contributed by atoms with E-state index in [0.29, 0.717) is 32.0 Å². The second-order valence-electron chi connectivity index (χ2n) is 4.51. The van der Waals surface area contributed by atoms with Crippen molar-refractivity contribution in [3.8, 4) is 5.75 Å². The number of hydrogen-bond donors (Lipinski definition) is 1. The molecule has 1 rings (SSSR count). The number of pyridine rings is 1. The molecule has 0 aromatic carbocycles. The molecule has 0 aliphatic carbocycles. The van der Waals surface area contributed by atoms with Crippen LogP contribution in [0.25, 0.3) is 0 Å². The zero-order valence-electron chi connectivity index (χ0n) is 13.1. The molecule has 118 valence electrons. The minimum absolute atomic E-state index is 0.00897. The molecular formula is C15H25N3O3. The number of methoxy groups -OCH3 is 1. The number of amides is 1. The van der Waals surface area contributed by atoms with Gasteiger partial charge in [0.2, 0.25) is 0 Å². The van der Waals surface area contributed by atoms with Crippen molar-refractivity contribution < 1.29 is 14.3 Å². The topological polar surface area (TPSA) is 63.7 Å². The van der Waals surface area contributed by atoms with E-state index in [0.717, 1.165) is 12.2 Å². The number of nitrogens with one attached hydrogen (secondary N) is 1. The van der Waals surface area contributed by atoms with Gasteiger partial charge in [-0.15, -0.1) is 0 Å². The first-order chi connectivity index (χ1) is 10.2. The molecule has 6 nitrogen and oxygen atoms in total. The van der Waals surface area contributed by atoms with Gasteiger partial charge in [-0.25, -0.2) is 0 Å². The van der Waals surface area contributed by atoms with E-state index in [1.54, 1.807) is 18.2 Å². The molecule has 0 aliphatic rings. The number of hydrogen-bond acceptors (Lipinski definition) is 5. The first kappa shape index (κ1) is 17.4. The highest BCUT2D eigenvalue weighted by Gasteiger charge is 2.10. The van der Waals surface area contributed by atoms with Crippen molar-refractivity contribution in [2.75, 3.05) is 40.0 Å².